The largest absolute Gasteiger partial charge is 0.479 e. The minimum Gasteiger partial charge on any atom is -0.479 e. The molecule has 0 atom stereocenters. The maximum atomic E-state index is 10.9. The molecule has 1 saturated heterocycles. The molecular weight excluding hydrogens is 420 g/mol. The summed E-state index contributed by atoms with van der Waals surface area (Å²) < 4.78 is 5.33. The summed E-state index contributed by atoms with van der Waals surface area (Å²) in [6.45, 7) is 4.08. The second-order valence-electron chi connectivity index (χ2n) is 7.86. The van der Waals surface area contributed by atoms with Crippen molar-refractivity contribution in [3.63, 3.8) is 0 Å². The molecular formula is C23H24N8O2. The molecule has 10 nitrogen and oxygen atoms in total. The lowest BCUT2D eigenvalue weighted by Crippen LogP contribution is -2.45. The summed E-state index contributed by atoms with van der Waals surface area (Å²) in [6, 6.07) is 11.9. The molecule has 5 rings (SSSR count). The Kier molecular flexibility index (Phi) is 5.81. The number of hydrogen-bond acceptors (Lipinski definition) is 8. The Hall–Kier alpha value is -4.05. The fourth-order valence-electron chi connectivity index (χ4n) is 3.97. The van der Waals surface area contributed by atoms with Gasteiger partial charge in [0, 0.05) is 44.5 Å². The topological polar surface area (TPSA) is 112 Å². The Morgan fingerprint density at radius 3 is 2.82 bits per heavy atom. The highest BCUT2D eigenvalue weighted by Gasteiger charge is 2.16. The smallest absolute Gasteiger partial charge is 0.241 e. The van der Waals surface area contributed by atoms with Gasteiger partial charge in [-0.25, -0.2) is 9.97 Å². The van der Waals surface area contributed by atoms with E-state index in [1.165, 1.54) is 0 Å². The van der Waals surface area contributed by atoms with Gasteiger partial charge in [-0.15, -0.1) is 5.10 Å². The van der Waals surface area contributed by atoms with Gasteiger partial charge in [0.25, 0.3) is 0 Å². The number of imidazole rings is 1. The maximum Gasteiger partial charge on any atom is 0.241 e. The Morgan fingerprint density at radius 1 is 1.12 bits per heavy atom. The number of nitrogens with zero attached hydrogens (tertiary/aromatic N) is 6. The van der Waals surface area contributed by atoms with Crippen molar-refractivity contribution in [1.82, 2.24) is 34.9 Å². The second-order valence-corrected chi connectivity index (χ2v) is 7.86. The fourth-order valence-corrected chi connectivity index (χ4v) is 3.97. The predicted molar refractivity (Wildman–Crippen MR) is 124 cm³/mol. The van der Waals surface area contributed by atoms with E-state index in [0.717, 1.165) is 72.7 Å². The highest BCUT2D eigenvalue weighted by atomic mass is 16.5. The molecule has 4 aromatic rings. The molecule has 168 valence electrons. The molecule has 4 heterocycles. The van der Waals surface area contributed by atoms with Crippen LogP contribution in [-0.2, 0) is 11.3 Å². The Bertz CT molecular complexity index is 1270. The number of nitrogens with one attached hydrogen (secondary N) is 2. The van der Waals surface area contributed by atoms with Gasteiger partial charge in [0.1, 0.15) is 5.82 Å². The van der Waals surface area contributed by atoms with Crippen LogP contribution in [0, 0.1) is 0 Å². The van der Waals surface area contributed by atoms with Gasteiger partial charge < -0.3 is 19.9 Å². The lowest BCUT2D eigenvalue weighted by Gasteiger charge is -2.32. The molecule has 10 heteroatoms. The van der Waals surface area contributed by atoms with Crippen molar-refractivity contribution >= 4 is 29.2 Å². The first-order valence-electron chi connectivity index (χ1n) is 10.7. The number of anilines is 2. The molecule has 3 aromatic heterocycles. The van der Waals surface area contributed by atoms with Crippen LogP contribution in [0.1, 0.15) is 5.56 Å². The van der Waals surface area contributed by atoms with Crippen LogP contribution in [0.2, 0.25) is 0 Å². The zero-order chi connectivity index (χ0) is 22.6. The van der Waals surface area contributed by atoms with Crippen LogP contribution in [0.4, 0.5) is 11.8 Å². The van der Waals surface area contributed by atoms with Gasteiger partial charge >= 0.3 is 0 Å². The van der Waals surface area contributed by atoms with Crippen LogP contribution in [0.25, 0.3) is 22.2 Å². The summed E-state index contributed by atoms with van der Waals surface area (Å²) in [6.07, 6.45) is 4.36. The lowest BCUT2D eigenvalue weighted by molar-refractivity contribution is -0.119. The summed E-state index contributed by atoms with van der Waals surface area (Å²) in [4.78, 5) is 27.4. The molecule has 0 bridgehead atoms. The van der Waals surface area contributed by atoms with Gasteiger partial charge in [0.2, 0.25) is 18.2 Å². The quantitative estimate of drug-likeness (QED) is 0.418. The number of ether oxygens (including phenoxy) is 1. The van der Waals surface area contributed by atoms with Crippen LogP contribution in [0.15, 0.2) is 48.8 Å². The molecule has 0 unspecified atom stereocenters. The molecule has 1 aromatic carbocycles. The summed E-state index contributed by atoms with van der Waals surface area (Å²) in [5, 5.41) is 11.2. The van der Waals surface area contributed by atoms with Crippen molar-refractivity contribution in [2.75, 3.05) is 38.6 Å². The van der Waals surface area contributed by atoms with E-state index in [4.69, 9.17) is 4.74 Å². The van der Waals surface area contributed by atoms with Crippen LogP contribution in [0.5, 0.6) is 5.88 Å². The monoisotopic (exact) mass is 444 g/mol. The number of methoxy groups -OCH3 is 1. The number of hydrogen-bond donors (Lipinski definition) is 2. The third kappa shape index (κ3) is 4.60. The van der Waals surface area contributed by atoms with Crippen LogP contribution in [0.3, 0.4) is 0 Å². The summed E-state index contributed by atoms with van der Waals surface area (Å²) in [7, 11) is 1.58. The molecule has 1 fully saturated rings. The first kappa shape index (κ1) is 20.8. The van der Waals surface area contributed by atoms with E-state index in [1.54, 1.807) is 19.5 Å². The van der Waals surface area contributed by atoms with Crippen LogP contribution >= 0.6 is 0 Å². The van der Waals surface area contributed by atoms with E-state index in [9.17, 15) is 4.79 Å². The molecule has 0 spiro atoms. The third-order valence-electron chi connectivity index (χ3n) is 5.71. The number of pyridine rings is 1. The minimum absolute atomic E-state index is 0.475. The summed E-state index contributed by atoms with van der Waals surface area (Å²) in [5.74, 6) is 1.81. The maximum absolute atomic E-state index is 10.9. The summed E-state index contributed by atoms with van der Waals surface area (Å²) >= 11 is 0. The molecule has 1 amide bonds. The standard InChI is InChI=1S/C23H24N8O2/c1-33-22-18(5-7-25-29-22)17-2-3-19-20(13-17)27-23(26-19)28-21-12-16(4-6-24-21)14-30-8-10-31(15-32)11-9-30/h2-7,12-13,15H,8-11,14H2,1H3,(H2,24,26,27,28). The lowest BCUT2D eigenvalue weighted by atomic mass is 10.1. The second kappa shape index (κ2) is 9.21. The van der Waals surface area contributed by atoms with Gasteiger partial charge in [-0.1, -0.05) is 6.07 Å². The number of aromatic amines is 1. The van der Waals surface area contributed by atoms with E-state index < -0.39 is 0 Å². The van der Waals surface area contributed by atoms with Crippen molar-refractivity contribution in [3.05, 3.63) is 54.4 Å². The Labute approximate surface area is 190 Å². The summed E-state index contributed by atoms with van der Waals surface area (Å²) in [5.41, 5.74) is 4.70. The SMILES string of the molecule is COc1nnccc1-c1ccc2nc(Nc3cc(CN4CCN(C=O)CC4)ccn3)[nH]c2c1. The average molecular weight is 444 g/mol. The molecule has 2 N–H and O–H groups in total. The van der Waals surface area contributed by atoms with Gasteiger partial charge in [0.15, 0.2) is 0 Å². The molecule has 33 heavy (non-hydrogen) atoms. The first-order chi connectivity index (χ1) is 16.2. The number of aromatic nitrogens is 5. The zero-order valence-corrected chi connectivity index (χ0v) is 18.2. The van der Waals surface area contributed by atoms with Crippen LogP contribution in [-0.4, -0.2) is 74.6 Å². The first-order valence-corrected chi connectivity index (χ1v) is 10.7. The third-order valence-corrected chi connectivity index (χ3v) is 5.71. The number of rotatable bonds is 7. The number of H-pyrrole nitrogens is 1. The normalized spacial score (nSPS) is 14.4. The molecule has 0 saturated carbocycles. The number of carbonyl (C=O) groups is 1. The number of benzene rings is 1. The van der Waals surface area contributed by atoms with Crippen molar-refractivity contribution in [2.24, 2.45) is 0 Å². The van der Waals surface area contributed by atoms with Gasteiger partial charge in [0.05, 0.1) is 24.3 Å². The average Bonchev–Trinajstić information content (AvgIpc) is 3.26. The van der Waals surface area contributed by atoms with Crippen molar-refractivity contribution in [1.29, 1.82) is 0 Å². The Morgan fingerprint density at radius 2 is 2.00 bits per heavy atom. The van der Waals surface area contributed by atoms with Crippen molar-refractivity contribution < 1.29 is 9.53 Å². The van der Waals surface area contributed by atoms with Crippen molar-refractivity contribution in [2.45, 2.75) is 6.54 Å². The van der Waals surface area contributed by atoms with Crippen molar-refractivity contribution in [3.8, 4) is 17.0 Å². The number of amides is 1. The van der Waals surface area contributed by atoms with E-state index in [1.807, 2.05) is 41.3 Å². The zero-order valence-electron chi connectivity index (χ0n) is 18.2. The molecule has 0 aliphatic carbocycles. The Balaban J connectivity index is 1.31. The fraction of sp³-hybridized carbons (Fsp3) is 0.261. The van der Waals surface area contributed by atoms with Gasteiger partial charge in [-0.05, 0) is 41.5 Å². The van der Waals surface area contributed by atoms with E-state index in [-0.39, 0.29) is 0 Å². The van der Waals surface area contributed by atoms with Gasteiger partial charge in [-0.3, -0.25) is 9.69 Å². The number of piperazine rings is 1. The number of fused-ring (bicyclic) bond motifs is 1. The molecule has 1 aliphatic heterocycles. The molecule has 0 radical (unpaired) electrons. The predicted octanol–water partition coefficient (Wildman–Crippen LogP) is 2.44. The highest BCUT2D eigenvalue weighted by molar-refractivity contribution is 5.84. The molecule has 1 aliphatic rings. The highest BCUT2D eigenvalue weighted by Crippen LogP contribution is 2.29. The van der Waals surface area contributed by atoms with Crippen LogP contribution < -0.4 is 10.1 Å². The van der Waals surface area contributed by atoms with E-state index >= 15 is 0 Å². The van der Waals surface area contributed by atoms with E-state index in [0.29, 0.717) is 11.8 Å². The van der Waals surface area contributed by atoms with Gasteiger partial charge in [-0.2, -0.15) is 5.10 Å². The van der Waals surface area contributed by atoms with E-state index in [2.05, 4.69) is 35.4 Å². The number of carbonyl (C=O) groups excluding carboxylic acids is 1. The minimum atomic E-state index is 0.475.